The van der Waals surface area contributed by atoms with E-state index in [-0.39, 0.29) is 0 Å². The maximum atomic E-state index is 5.66. The Labute approximate surface area is 85.3 Å². The van der Waals surface area contributed by atoms with Gasteiger partial charge in [0.2, 0.25) is 0 Å². The average molecular weight is 191 g/mol. The van der Waals surface area contributed by atoms with Crippen LogP contribution >= 0.6 is 0 Å². The summed E-state index contributed by atoms with van der Waals surface area (Å²) >= 11 is 0. The van der Waals surface area contributed by atoms with Crippen LogP contribution in [0.25, 0.3) is 0 Å². The fourth-order valence-corrected chi connectivity index (χ4v) is 1.59. The summed E-state index contributed by atoms with van der Waals surface area (Å²) in [4.78, 5) is 0. The molecule has 1 aromatic carbocycles. The zero-order valence-corrected chi connectivity index (χ0v) is 8.62. The van der Waals surface area contributed by atoms with E-state index in [4.69, 9.17) is 4.74 Å². The van der Waals surface area contributed by atoms with Crippen molar-refractivity contribution in [2.45, 2.75) is 19.4 Å². The highest BCUT2D eigenvalue weighted by Crippen LogP contribution is 2.06. The lowest BCUT2D eigenvalue weighted by atomic mass is 10.1. The third kappa shape index (κ3) is 2.56. The summed E-state index contributed by atoms with van der Waals surface area (Å²) in [7, 11) is 0. The van der Waals surface area contributed by atoms with Crippen LogP contribution in [0.5, 0.6) is 0 Å². The molecular weight excluding hydrogens is 174 g/mol. The van der Waals surface area contributed by atoms with Crippen molar-refractivity contribution in [3.8, 4) is 0 Å². The lowest BCUT2D eigenvalue weighted by Gasteiger charge is -2.27. The van der Waals surface area contributed by atoms with Gasteiger partial charge in [-0.15, -0.1) is 0 Å². The van der Waals surface area contributed by atoms with Gasteiger partial charge in [0.15, 0.2) is 0 Å². The van der Waals surface area contributed by atoms with Gasteiger partial charge < -0.3 is 10.1 Å². The molecule has 1 aliphatic heterocycles. The van der Waals surface area contributed by atoms with E-state index in [2.05, 4.69) is 36.5 Å². The number of ether oxygens (including phenoxy) is 1. The summed E-state index contributed by atoms with van der Waals surface area (Å²) in [5.74, 6) is 0. The number of hydrogen-bond donors (Lipinski definition) is 1. The molecule has 76 valence electrons. The molecule has 1 fully saturated rings. The maximum absolute atomic E-state index is 5.66. The number of benzene rings is 1. The Morgan fingerprint density at radius 2 is 2.29 bits per heavy atom. The van der Waals surface area contributed by atoms with Crippen LogP contribution < -0.4 is 5.32 Å². The van der Waals surface area contributed by atoms with E-state index in [1.54, 1.807) is 0 Å². The zero-order chi connectivity index (χ0) is 9.80. The normalized spacial score (nSPS) is 16.6. The monoisotopic (exact) mass is 191 g/mol. The lowest BCUT2D eigenvalue weighted by molar-refractivity contribution is 0.0208. The zero-order valence-electron chi connectivity index (χ0n) is 8.62. The minimum absolute atomic E-state index is 0.458. The molecule has 0 aliphatic carbocycles. The number of nitrogens with one attached hydrogen (secondary N) is 1. The second kappa shape index (κ2) is 4.58. The summed E-state index contributed by atoms with van der Waals surface area (Å²) in [6.07, 6.45) is 1.48. The van der Waals surface area contributed by atoms with Crippen LogP contribution in [-0.2, 0) is 11.2 Å². The molecule has 2 heteroatoms. The quantitative estimate of drug-likeness (QED) is 0.779. The van der Waals surface area contributed by atoms with Crippen molar-refractivity contribution >= 4 is 0 Å². The molecule has 0 unspecified atom stereocenters. The van der Waals surface area contributed by atoms with Gasteiger partial charge in [0, 0.05) is 13.1 Å². The van der Waals surface area contributed by atoms with E-state index in [1.807, 2.05) is 0 Å². The number of aryl methyl sites for hydroxylation is 1. The van der Waals surface area contributed by atoms with Crippen molar-refractivity contribution in [3.05, 3.63) is 35.4 Å². The minimum Gasteiger partial charge on any atom is -0.375 e. The van der Waals surface area contributed by atoms with Gasteiger partial charge in [-0.3, -0.25) is 0 Å². The van der Waals surface area contributed by atoms with Crippen molar-refractivity contribution in [3.63, 3.8) is 0 Å². The fraction of sp³-hybridized carbons (Fsp3) is 0.500. The van der Waals surface area contributed by atoms with Gasteiger partial charge in [-0.2, -0.15) is 0 Å². The van der Waals surface area contributed by atoms with Crippen LogP contribution in [0.4, 0.5) is 0 Å². The molecule has 0 saturated carbocycles. The fourth-order valence-electron chi connectivity index (χ4n) is 1.59. The van der Waals surface area contributed by atoms with Crippen molar-refractivity contribution < 1.29 is 4.74 Å². The molecule has 1 aromatic rings. The van der Waals surface area contributed by atoms with E-state index in [0.29, 0.717) is 6.10 Å². The highest BCUT2D eigenvalue weighted by atomic mass is 16.5. The molecule has 14 heavy (non-hydrogen) atoms. The molecule has 0 radical (unpaired) electrons. The van der Waals surface area contributed by atoms with Gasteiger partial charge in [0.1, 0.15) is 0 Å². The molecule has 0 amide bonds. The SMILES string of the molecule is Cc1cccc(CCOC2CNC2)c1. The largest absolute Gasteiger partial charge is 0.375 e. The first-order valence-corrected chi connectivity index (χ1v) is 5.22. The van der Waals surface area contributed by atoms with E-state index < -0.39 is 0 Å². The molecular formula is C12H17NO. The Bertz CT molecular complexity index is 294. The van der Waals surface area contributed by atoms with E-state index in [1.165, 1.54) is 11.1 Å². The summed E-state index contributed by atoms with van der Waals surface area (Å²) in [5.41, 5.74) is 2.70. The van der Waals surface area contributed by atoms with Crippen LogP contribution in [-0.4, -0.2) is 25.8 Å². The van der Waals surface area contributed by atoms with Crippen molar-refractivity contribution in [2.75, 3.05) is 19.7 Å². The third-order valence-corrected chi connectivity index (χ3v) is 2.57. The first-order valence-electron chi connectivity index (χ1n) is 5.22. The predicted molar refractivity (Wildman–Crippen MR) is 57.5 cm³/mol. The molecule has 1 aliphatic rings. The summed E-state index contributed by atoms with van der Waals surface area (Å²) < 4.78 is 5.66. The van der Waals surface area contributed by atoms with E-state index in [0.717, 1.165) is 26.1 Å². The summed E-state index contributed by atoms with van der Waals surface area (Å²) in [6, 6.07) is 8.62. The molecule has 1 saturated heterocycles. The Hall–Kier alpha value is -0.860. The van der Waals surface area contributed by atoms with Gasteiger partial charge in [-0.25, -0.2) is 0 Å². The van der Waals surface area contributed by atoms with Crippen LogP contribution in [0.3, 0.4) is 0 Å². The number of rotatable bonds is 4. The van der Waals surface area contributed by atoms with Gasteiger partial charge >= 0.3 is 0 Å². The smallest absolute Gasteiger partial charge is 0.0823 e. The van der Waals surface area contributed by atoms with Crippen molar-refractivity contribution in [1.82, 2.24) is 5.32 Å². The second-order valence-corrected chi connectivity index (χ2v) is 3.89. The highest BCUT2D eigenvalue weighted by molar-refractivity contribution is 5.22. The molecule has 0 bridgehead atoms. The molecule has 1 heterocycles. The van der Waals surface area contributed by atoms with Crippen LogP contribution in [0.2, 0.25) is 0 Å². The maximum Gasteiger partial charge on any atom is 0.0823 e. The topological polar surface area (TPSA) is 21.3 Å². The first-order chi connectivity index (χ1) is 6.84. The van der Waals surface area contributed by atoms with Crippen LogP contribution in [0.15, 0.2) is 24.3 Å². The minimum atomic E-state index is 0.458. The lowest BCUT2D eigenvalue weighted by Crippen LogP contribution is -2.48. The predicted octanol–water partition coefficient (Wildman–Crippen LogP) is 1.53. The van der Waals surface area contributed by atoms with Crippen molar-refractivity contribution in [1.29, 1.82) is 0 Å². The van der Waals surface area contributed by atoms with Crippen LogP contribution in [0.1, 0.15) is 11.1 Å². The van der Waals surface area contributed by atoms with Gasteiger partial charge in [0.05, 0.1) is 12.7 Å². The van der Waals surface area contributed by atoms with E-state index >= 15 is 0 Å². The highest BCUT2D eigenvalue weighted by Gasteiger charge is 2.16. The van der Waals surface area contributed by atoms with Gasteiger partial charge in [0.25, 0.3) is 0 Å². The molecule has 0 aromatic heterocycles. The average Bonchev–Trinajstić information content (AvgIpc) is 2.09. The molecule has 0 spiro atoms. The summed E-state index contributed by atoms with van der Waals surface area (Å²) in [6.45, 7) is 5.01. The molecule has 2 rings (SSSR count). The second-order valence-electron chi connectivity index (χ2n) is 3.89. The van der Waals surface area contributed by atoms with Crippen LogP contribution in [0, 0.1) is 6.92 Å². The van der Waals surface area contributed by atoms with Crippen molar-refractivity contribution in [2.24, 2.45) is 0 Å². The Kier molecular flexibility index (Phi) is 3.17. The van der Waals surface area contributed by atoms with E-state index in [9.17, 15) is 0 Å². The Balaban J connectivity index is 1.74. The number of hydrogen-bond acceptors (Lipinski definition) is 2. The van der Waals surface area contributed by atoms with Gasteiger partial charge in [-0.05, 0) is 18.9 Å². The Morgan fingerprint density at radius 1 is 1.43 bits per heavy atom. The van der Waals surface area contributed by atoms with Gasteiger partial charge in [-0.1, -0.05) is 29.8 Å². The standard InChI is InChI=1S/C12H17NO/c1-10-3-2-4-11(7-10)5-6-14-12-8-13-9-12/h2-4,7,12-13H,5-6,8-9H2,1H3. The molecule has 2 nitrogen and oxygen atoms in total. The molecule has 1 N–H and O–H groups in total. The molecule has 0 atom stereocenters. The first kappa shape index (κ1) is 9.69. The summed E-state index contributed by atoms with van der Waals surface area (Å²) in [5, 5.41) is 3.19. The Morgan fingerprint density at radius 3 is 2.93 bits per heavy atom. The third-order valence-electron chi connectivity index (χ3n) is 2.57.